The molecule has 5 rings (SSSR count). The minimum absolute atomic E-state index is 0.00448. The number of benzene rings is 2. The van der Waals surface area contributed by atoms with Gasteiger partial charge in [-0.25, -0.2) is 4.79 Å². The summed E-state index contributed by atoms with van der Waals surface area (Å²) < 4.78 is 5.65. The largest absolute Gasteiger partial charge is 0.481 e. The Kier molecular flexibility index (Phi) is 5.38. The van der Waals surface area contributed by atoms with E-state index in [1.807, 2.05) is 24.3 Å². The van der Waals surface area contributed by atoms with E-state index < -0.39 is 22.9 Å². The number of carbonyl (C=O) groups is 3. The van der Waals surface area contributed by atoms with Gasteiger partial charge < -0.3 is 20.5 Å². The van der Waals surface area contributed by atoms with Gasteiger partial charge in [-0.15, -0.1) is 0 Å². The molecule has 0 bridgehead atoms. The molecule has 2 aromatic rings. The number of ether oxygens (including phenoxy) is 1. The van der Waals surface area contributed by atoms with Crippen LogP contribution in [0.1, 0.15) is 50.2 Å². The van der Waals surface area contributed by atoms with Crippen LogP contribution >= 0.6 is 0 Å². The van der Waals surface area contributed by atoms with Crippen molar-refractivity contribution in [1.82, 2.24) is 10.6 Å². The Balaban J connectivity index is 1.15. The first-order chi connectivity index (χ1) is 16.2. The summed E-state index contributed by atoms with van der Waals surface area (Å²) in [5, 5.41) is 15.0. The first kappa shape index (κ1) is 22.4. The molecule has 3 N–H and O–H groups in total. The summed E-state index contributed by atoms with van der Waals surface area (Å²) in [5.74, 6) is -0.827. The third-order valence-corrected chi connectivity index (χ3v) is 7.80. The molecule has 0 aliphatic heterocycles. The molecule has 3 aliphatic carbocycles. The molecule has 7 heteroatoms. The Labute approximate surface area is 198 Å². The number of rotatable bonds is 7. The van der Waals surface area contributed by atoms with Crippen LogP contribution in [0.5, 0.6) is 0 Å². The highest BCUT2D eigenvalue weighted by atomic mass is 16.5. The molecule has 178 valence electrons. The maximum atomic E-state index is 12.8. The minimum atomic E-state index is -1.02. The Hall–Kier alpha value is -3.35. The summed E-state index contributed by atoms with van der Waals surface area (Å²) in [6, 6.07) is 16.3. The third-order valence-electron chi connectivity index (χ3n) is 7.80. The highest BCUT2D eigenvalue weighted by molar-refractivity contribution is 5.87. The molecule has 3 atom stereocenters. The average molecular weight is 463 g/mol. The lowest BCUT2D eigenvalue weighted by atomic mass is 9.93. The number of aliphatic carboxylic acids is 1. The predicted molar refractivity (Wildman–Crippen MR) is 126 cm³/mol. The summed E-state index contributed by atoms with van der Waals surface area (Å²) >= 11 is 0. The highest BCUT2D eigenvalue weighted by Crippen LogP contribution is 2.63. The van der Waals surface area contributed by atoms with Crippen LogP contribution < -0.4 is 10.6 Å². The molecule has 34 heavy (non-hydrogen) atoms. The van der Waals surface area contributed by atoms with Crippen molar-refractivity contribution in [2.45, 2.75) is 45.1 Å². The summed E-state index contributed by atoms with van der Waals surface area (Å²) in [4.78, 5) is 36.7. The second-order valence-corrected chi connectivity index (χ2v) is 10.5. The van der Waals surface area contributed by atoms with Gasteiger partial charge in [0.2, 0.25) is 5.91 Å². The van der Waals surface area contributed by atoms with E-state index in [1.54, 1.807) is 13.8 Å². The van der Waals surface area contributed by atoms with Crippen LogP contribution in [0.3, 0.4) is 0 Å². The maximum absolute atomic E-state index is 12.8. The molecular weight excluding hydrogens is 432 g/mol. The van der Waals surface area contributed by atoms with Crippen molar-refractivity contribution in [2.75, 3.05) is 13.2 Å². The number of carboxylic acids is 1. The van der Waals surface area contributed by atoms with Crippen LogP contribution in [-0.4, -0.2) is 42.3 Å². The second kappa shape index (κ2) is 8.15. The lowest BCUT2D eigenvalue weighted by Crippen LogP contribution is -2.43. The SMILES string of the molecule is CC(C)(CNC(=O)[C@]12C[C@H](NC(=O)OCC3c4ccccc4-c4ccccc43)C[C@H]1C2)C(=O)O. The molecule has 3 aliphatic rings. The zero-order chi connectivity index (χ0) is 24.1. The number of carbonyl (C=O) groups excluding carboxylic acids is 2. The average Bonchev–Trinajstić information content (AvgIpc) is 3.24. The van der Waals surface area contributed by atoms with Gasteiger partial charge in [-0.2, -0.15) is 0 Å². The molecular formula is C27H30N2O5. The highest BCUT2D eigenvalue weighted by Gasteiger charge is 2.65. The fourth-order valence-electron chi connectivity index (χ4n) is 5.65. The molecule has 2 saturated carbocycles. The quantitative estimate of drug-likeness (QED) is 0.579. The Morgan fingerprint density at radius 1 is 1.03 bits per heavy atom. The summed E-state index contributed by atoms with van der Waals surface area (Å²) in [7, 11) is 0. The van der Waals surface area contributed by atoms with Gasteiger partial charge in [0, 0.05) is 18.5 Å². The van der Waals surface area contributed by atoms with E-state index in [1.165, 1.54) is 22.3 Å². The number of amides is 2. The normalized spacial score (nSPS) is 24.5. The van der Waals surface area contributed by atoms with Crippen LogP contribution in [0.4, 0.5) is 4.79 Å². The van der Waals surface area contributed by atoms with Crippen molar-refractivity contribution in [3.63, 3.8) is 0 Å². The molecule has 0 heterocycles. The van der Waals surface area contributed by atoms with Gasteiger partial charge in [0.25, 0.3) is 0 Å². The van der Waals surface area contributed by atoms with E-state index in [0.29, 0.717) is 6.42 Å². The smallest absolute Gasteiger partial charge is 0.407 e. The predicted octanol–water partition coefficient (Wildman–Crippen LogP) is 3.92. The number of fused-ring (bicyclic) bond motifs is 4. The van der Waals surface area contributed by atoms with Gasteiger partial charge in [-0.3, -0.25) is 9.59 Å². The standard InChI is InChI=1S/C27H30N2O5/c1-26(2,24(31)32)15-28-23(30)27-12-16(27)11-17(13-27)29-25(33)34-14-22-20-9-5-3-7-18(20)19-8-4-6-10-21(19)22/h3-10,16-17,22H,11-15H2,1-2H3,(H,28,30)(H,29,33)(H,31,32)/t16-,17+,27+/m0/s1. The fourth-order valence-corrected chi connectivity index (χ4v) is 5.65. The third kappa shape index (κ3) is 3.83. The summed E-state index contributed by atoms with van der Waals surface area (Å²) in [6.45, 7) is 3.52. The van der Waals surface area contributed by atoms with Crippen LogP contribution in [0.15, 0.2) is 48.5 Å². The van der Waals surface area contributed by atoms with Crippen molar-refractivity contribution in [3.8, 4) is 11.1 Å². The van der Waals surface area contributed by atoms with E-state index >= 15 is 0 Å². The number of carboxylic acid groups (broad SMARTS) is 1. The Bertz CT molecular complexity index is 1110. The van der Waals surface area contributed by atoms with Crippen molar-refractivity contribution < 1.29 is 24.2 Å². The number of hydrogen-bond donors (Lipinski definition) is 3. The van der Waals surface area contributed by atoms with Crippen LogP contribution in [-0.2, 0) is 14.3 Å². The van der Waals surface area contributed by atoms with Crippen LogP contribution in [0.25, 0.3) is 11.1 Å². The summed E-state index contributed by atoms with van der Waals surface area (Å²) in [6.07, 6.45) is 1.62. The maximum Gasteiger partial charge on any atom is 0.407 e. The first-order valence-corrected chi connectivity index (χ1v) is 11.8. The lowest BCUT2D eigenvalue weighted by Gasteiger charge is -2.22. The molecule has 0 unspecified atom stereocenters. The van der Waals surface area contributed by atoms with Crippen LogP contribution in [0.2, 0.25) is 0 Å². The summed E-state index contributed by atoms with van der Waals surface area (Å²) in [5.41, 5.74) is 3.19. The molecule has 2 amide bonds. The zero-order valence-electron chi connectivity index (χ0n) is 19.5. The number of hydrogen-bond acceptors (Lipinski definition) is 4. The van der Waals surface area contributed by atoms with Crippen LogP contribution in [0, 0.1) is 16.7 Å². The Morgan fingerprint density at radius 2 is 1.65 bits per heavy atom. The minimum Gasteiger partial charge on any atom is -0.481 e. The lowest BCUT2D eigenvalue weighted by molar-refractivity contribution is -0.147. The molecule has 0 radical (unpaired) electrons. The van der Waals surface area contributed by atoms with E-state index in [-0.39, 0.29) is 36.9 Å². The zero-order valence-corrected chi connectivity index (χ0v) is 19.5. The molecule has 7 nitrogen and oxygen atoms in total. The van der Waals surface area contributed by atoms with E-state index in [4.69, 9.17) is 4.74 Å². The topological polar surface area (TPSA) is 105 Å². The fraction of sp³-hybridized carbons (Fsp3) is 0.444. The van der Waals surface area contributed by atoms with E-state index in [0.717, 1.165) is 12.8 Å². The molecule has 2 fully saturated rings. The first-order valence-electron chi connectivity index (χ1n) is 11.8. The van der Waals surface area contributed by atoms with Crippen molar-refractivity contribution >= 4 is 18.0 Å². The Morgan fingerprint density at radius 3 is 2.26 bits per heavy atom. The monoisotopic (exact) mass is 462 g/mol. The molecule has 0 aromatic heterocycles. The van der Waals surface area contributed by atoms with E-state index in [2.05, 4.69) is 34.9 Å². The van der Waals surface area contributed by atoms with Crippen molar-refractivity contribution in [3.05, 3.63) is 59.7 Å². The molecule has 2 aromatic carbocycles. The van der Waals surface area contributed by atoms with Gasteiger partial charge in [-0.05, 0) is 61.3 Å². The molecule has 0 spiro atoms. The van der Waals surface area contributed by atoms with Gasteiger partial charge in [-0.1, -0.05) is 48.5 Å². The van der Waals surface area contributed by atoms with Gasteiger partial charge in [0.15, 0.2) is 0 Å². The van der Waals surface area contributed by atoms with E-state index in [9.17, 15) is 19.5 Å². The molecule has 0 saturated heterocycles. The van der Waals surface area contributed by atoms with Crippen molar-refractivity contribution in [1.29, 1.82) is 0 Å². The van der Waals surface area contributed by atoms with Gasteiger partial charge in [0.05, 0.1) is 10.8 Å². The van der Waals surface area contributed by atoms with Gasteiger partial charge in [0.1, 0.15) is 6.61 Å². The number of nitrogens with one attached hydrogen (secondary N) is 2. The number of alkyl carbamates (subject to hydrolysis) is 1. The van der Waals surface area contributed by atoms with Crippen molar-refractivity contribution in [2.24, 2.45) is 16.7 Å². The second-order valence-electron chi connectivity index (χ2n) is 10.5. The van der Waals surface area contributed by atoms with Gasteiger partial charge >= 0.3 is 12.1 Å².